The van der Waals surface area contributed by atoms with Gasteiger partial charge >= 0.3 is 0 Å². The van der Waals surface area contributed by atoms with Gasteiger partial charge in [0.1, 0.15) is 0 Å². The fraction of sp³-hybridized carbons (Fsp3) is 0.105. The molecule has 0 atom stereocenters. The Balaban J connectivity index is 1.70. The molecule has 0 heterocycles. The monoisotopic (exact) mass is 290 g/mol. The molecule has 3 heteroatoms. The first kappa shape index (κ1) is 14.1. The Bertz CT molecular complexity index is 806. The van der Waals surface area contributed by atoms with Gasteiger partial charge in [-0.15, -0.1) is 0 Å². The first-order chi connectivity index (χ1) is 10.7. The summed E-state index contributed by atoms with van der Waals surface area (Å²) < 4.78 is 0. The fourth-order valence-corrected chi connectivity index (χ4v) is 2.56. The van der Waals surface area contributed by atoms with Gasteiger partial charge in [-0.05, 0) is 29.5 Å². The van der Waals surface area contributed by atoms with Crippen LogP contribution in [0.2, 0.25) is 0 Å². The van der Waals surface area contributed by atoms with E-state index in [9.17, 15) is 4.79 Å². The van der Waals surface area contributed by atoms with Crippen LogP contribution in [-0.2, 0) is 11.2 Å². The summed E-state index contributed by atoms with van der Waals surface area (Å²) in [5, 5.41) is 5.17. The molecule has 3 aromatic rings. The van der Waals surface area contributed by atoms with Crippen LogP contribution in [0.1, 0.15) is 12.0 Å². The molecule has 1 amide bonds. The van der Waals surface area contributed by atoms with Crippen molar-refractivity contribution in [2.24, 2.45) is 0 Å². The number of nitrogens with two attached hydrogens (primary N) is 1. The number of rotatable bonds is 4. The largest absolute Gasteiger partial charge is 0.399 e. The van der Waals surface area contributed by atoms with E-state index < -0.39 is 0 Å². The third kappa shape index (κ3) is 3.09. The normalized spacial score (nSPS) is 10.5. The highest BCUT2D eigenvalue weighted by Gasteiger charge is 2.07. The standard InChI is InChI=1S/C19H18N2O/c20-17-10-4-2-7-15(17)12-13-19(22)21-18-11-5-8-14-6-1-3-9-16(14)18/h1-11H,12-13,20H2,(H,21,22). The van der Waals surface area contributed by atoms with E-state index in [0.29, 0.717) is 12.8 Å². The predicted octanol–water partition coefficient (Wildman–Crippen LogP) is 3.99. The third-order valence-electron chi connectivity index (χ3n) is 3.74. The minimum absolute atomic E-state index is 0.000365. The third-order valence-corrected chi connectivity index (χ3v) is 3.74. The number of carbonyl (C=O) groups excluding carboxylic acids is 1. The van der Waals surface area contributed by atoms with Crippen LogP contribution >= 0.6 is 0 Å². The van der Waals surface area contributed by atoms with E-state index >= 15 is 0 Å². The lowest BCUT2D eigenvalue weighted by molar-refractivity contribution is -0.116. The molecule has 0 aromatic heterocycles. The maximum Gasteiger partial charge on any atom is 0.224 e. The number of para-hydroxylation sites is 1. The lowest BCUT2D eigenvalue weighted by Gasteiger charge is -2.09. The van der Waals surface area contributed by atoms with Crippen molar-refractivity contribution in [3.8, 4) is 0 Å². The minimum atomic E-state index is -0.000365. The second-order valence-electron chi connectivity index (χ2n) is 5.27. The molecule has 22 heavy (non-hydrogen) atoms. The van der Waals surface area contributed by atoms with Crippen molar-refractivity contribution in [1.82, 2.24) is 0 Å². The Morgan fingerprint density at radius 1 is 0.909 bits per heavy atom. The number of anilines is 2. The highest BCUT2D eigenvalue weighted by molar-refractivity contribution is 6.02. The Labute approximate surface area is 129 Å². The van der Waals surface area contributed by atoms with Crippen molar-refractivity contribution in [2.45, 2.75) is 12.8 Å². The molecule has 0 aliphatic rings. The highest BCUT2D eigenvalue weighted by atomic mass is 16.1. The number of amides is 1. The van der Waals surface area contributed by atoms with Gasteiger partial charge in [-0.3, -0.25) is 4.79 Å². The van der Waals surface area contributed by atoms with Gasteiger partial charge in [-0.2, -0.15) is 0 Å². The summed E-state index contributed by atoms with van der Waals surface area (Å²) in [6.07, 6.45) is 1.06. The SMILES string of the molecule is Nc1ccccc1CCC(=O)Nc1cccc2ccccc12. The van der Waals surface area contributed by atoms with Crippen molar-refractivity contribution in [3.05, 3.63) is 72.3 Å². The van der Waals surface area contributed by atoms with Gasteiger partial charge < -0.3 is 11.1 Å². The average molecular weight is 290 g/mol. The molecule has 0 fully saturated rings. The maximum atomic E-state index is 12.2. The molecule has 0 saturated carbocycles. The molecule has 0 aliphatic carbocycles. The molecule has 0 saturated heterocycles. The van der Waals surface area contributed by atoms with Crippen LogP contribution in [0.3, 0.4) is 0 Å². The van der Waals surface area contributed by atoms with Crippen LogP contribution in [0, 0.1) is 0 Å². The van der Waals surface area contributed by atoms with Crippen LogP contribution in [0.25, 0.3) is 10.8 Å². The van der Waals surface area contributed by atoms with Gasteiger partial charge in [0.25, 0.3) is 0 Å². The number of hydrogen-bond donors (Lipinski definition) is 2. The lowest BCUT2D eigenvalue weighted by Crippen LogP contribution is -2.13. The molecular formula is C19H18N2O. The molecule has 0 spiro atoms. The van der Waals surface area contributed by atoms with Gasteiger partial charge in [0.2, 0.25) is 5.91 Å². The van der Waals surface area contributed by atoms with Gasteiger partial charge in [-0.1, -0.05) is 54.6 Å². The smallest absolute Gasteiger partial charge is 0.224 e. The number of nitrogens with one attached hydrogen (secondary N) is 1. The molecular weight excluding hydrogens is 272 g/mol. The lowest BCUT2D eigenvalue weighted by atomic mass is 10.1. The second-order valence-corrected chi connectivity index (χ2v) is 5.27. The molecule has 0 unspecified atom stereocenters. The topological polar surface area (TPSA) is 55.1 Å². The first-order valence-corrected chi connectivity index (χ1v) is 7.35. The summed E-state index contributed by atoms with van der Waals surface area (Å²) in [6.45, 7) is 0. The van der Waals surface area contributed by atoms with Crippen LogP contribution in [-0.4, -0.2) is 5.91 Å². The Morgan fingerprint density at radius 3 is 2.50 bits per heavy atom. The number of carbonyl (C=O) groups is 1. The fourth-order valence-electron chi connectivity index (χ4n) is 2.56. The van der Waals surface area contributed by atoms with Crippen LogP contribution in [0.5, 0.6) is 0 Å². The van der Waals surface area contributed by atoms with Gasteiger partial charge in [0, 0.05) is 23.2 Å². The van der Waals surface area contributed by atoms with Gasteiger partial charge in [-0.25, -0.2) is 0 Å². The summed E-state index contributed by atoms with van der Waals surface area (Å²) in [7, 11) is 0. The van der Waals surface area contributed by atoms with Crippen molar-refractivity contribution in [1.29, 1.82) is 0 Å². The maximum absolute atomic E-state index is 12.2. The predicted molar refractivity (Wildman–Crippen MR) is 91.8 cm³/mol. The van der Waals surface area contributed by atoms with Crippen LogP contribution in [0.15, 0.2) is 66.7 Å². The van der Waals surface area contributed by atoms with Crippen molar-refractivity contribution < 1.29 is 4.79 Å². The van der Waals surface area contributed by atoms with Crippen molar-refractivity contribution in [2.75, 3.05) is 11.1 Å². The molecule has 3 N–H and O–H groups in total. The summed E-state index contributed by atoms with van der Waals surface area (Å²) in [5.41, 5.74) is 8.50. The minimum Gasteiger partial charge on any atom is -0.399 e. The molecule has 0 radical (unpaired) electrons. The average Bonchev–Trinajstić information content (AvgIpc) is 2.54. The van der Waals surface area contributed by atoms with Crippen molar-refractivity contribution in [3.63, 3.8) is 0 Å². The van der Waals surface area contributed by atoms with E-state index in [4.69, 9.17) is 5.73 Å². The number of nitrogen functional groups attached to an aromatic ring is 1. The van der Waals surface area contributed by atoms with E-state index in [-0.39, 0.29) is 5.91 Å². The van der Waals surface area contributed by atoms with Crippen LogP contribution < -0.4 is 11.1 Å². The molecule has 0 bridgehead atoms. The zero-order chi connectivity index (χ0) is 15.4. The van der Waals surface area contributed by atoms with E-state index in [1.165, 1.54) is 0 Å². The Hall–Kier alpha value is -2.81. The highest BCUT2D eigenvalue weighted by Crippen LogP contribution is 2.23. The zero-order valence-electron chi connectivity index (χ0n) is 12.3. The number of benzene rings is 3. The molecule has 3 rings (SSSR count). The summed E-state index contributed by atoms with van der Waals surface area (Å²) in [5.74, 6) is -0.000365. The Morgan fingerprint density at radius 2 is 1.64 bits per heavy atom. The number of fused-ring (bicyclic) bond motifs is 1. The van der Waals surface area contributed by atoms with E-state index in [1.807, 2.05) is 66.7 Å². The van der Waals surface area contributed by atoms with Crippen molar-refractivity contribution >= 4 is 28.1 Å². The van der Waals surface area contributed by atoms with Gasteiger partial charge in [0.05, 0.1) is 0 Å². The number of hydrogen-bond acceptors (Lipinski definition) is 2. The quantitative estimate of drug-likeness (QED) is 0.714. The molecule has 0 aliphatic heterocycles. The zero-order valence-corrected chi connectivity index (χ0v) is 12.3. The van der Waals surface area contributed by atoms with Crippen LogP contribution in [0.4, 0.5) is 11.4 Å². The Kier molecular flexibility index (Phi) is 4.05. The van der Waals surface area contributed by atoms with Gasteiger partial charge in [0.15, 0.2) is 0 Å². The van der Waals surface area contributed by atoms with E-state index in [1.54, 1.807) is 0 Å². The number of aryl methyl sites for hydroxylation is 1. The molecule has 110 valence electrons. The summed E-state index contributed by atoms with van der Waals surface area (Å²) >= 11 is 0. The summed E-state index contributed by atoms with van der Waals surface area (Å²) in [6, 6.07) is 21.6. The molecule has 3 nitrogen and oxygen atoms in total. The van der Waals surface area contributed by atoms with E-state index in [0.717, 1.165) is 27.7 Å². The molecule has 3 aromatic carbocycles. The second kappa shape index (κ2) is 6.31. The summed E-state index contributed by atoms with van der Waals surface area (Å²) in [4.78, 5) is 12.2. The van der Waals surface area contributed by atoms with E-state index in [2.05, 4.69) is 5.32 Å². The first-order valence-electron chi connectivity index (χ1n) is 7.35.